The van der Waals surface area contributed by atoms with Crippen molar-refractivity contribution < 1.29 is 24.5 Å². The maximum absolute atomic E-state index is 12.4. The number of carboxylic acid groups (broad SMARTS) is 1. The number of aromatic hydroxyl groups is 1. The van der Waals surface area contributed by atoms with Gasteiger partial charge in [0, 0.05) is 22.9 Å². The zero-order valence-corrected chi connectivity index (χ0v) is 11.2. The smallest absolute Gasteiger partial charge is 0.335 e. The Morgan fingerprint density at radius 2 is 1.81 bits per heavy atom. The van der Waals surface area contributed by atoms with E-state index in [2.05, 4.69) is 0 Å². The van der Waals surface area contributed by atoms with E-state index in [0.717, 1.165) is 0 Å². The van der Waals surface area contributed by atoms with E-state index in [1.54, 1.807) is 0 Å². The van der Waals surface area contributed by atoms with Crippen LogP contribution in [0.15, 0.2) is 36.4 Å². The number of ketones is 1. The lowest BCUT2D eigenvalue weighted by Gasteiger charge is -2.09. The number of anilines is 1. The van der Waals surface area contributed by atoms with Gasteiger partial charge in [-0.25, -0.2) is 4.79 Å². The first-order valence-corrected chi connectivity index (χ1v) is 5.98. The van der Waals surface area contributed by atoms with E-state index in [0.29, 0.717) is 0 Å². The normalized spacial score (nSPS) is 10.1. The Labute approximate surface area is 120 Å². The van der Waals surface area contributed by atoms with Gasteiger partial charge in [-0.15, -0.1) is 0 Å². The fourth-order valence-corrected chi connectivity index (χ4v) is 1.89. The molecule has 2 rings (SSSR count). The molecule has 0 aromatic heterocycles. The summed E-state index contributed by atoms with van der Waals surface area (Å²) in [5.41, 5.74) is 6.14. The van der Waals surface area contributed by atoms with Gasteiger partial charge in [-0.1, -0.05) is 12.1 Å². The molecule has 0 bridgehead atoms. The number of carbonyl (C=O) groups excluding carboxylic acids is 1. The van der Waals surface area contributed by atoms with E-state index >= 15 is 0 Å². The minimum atomic E-state index is -1.12. The van der Waals surface area contributed by atoms with Gasteiger partial charge in [-0.3, -0.25) is 4.79 Å². The number of hydrogen-bond acceptors (Lipinski definition) is 5. The summed E-state index contributed by atoms with van der Waals surface area (Å²) in [5.74, 6) is -1.64. The summed E-state index contributed by atoms with van der Waals surface area (Å²) in [6.45, 7) is 0. The molecule has 21 heavy (non-hydrogen) atoms. The van der Waals surface area contributed by atoms with Gasteiger partial charge in [0.2, 0.25) is 0 Å². The van der Waals surface area contributed by atoms with Crippen molar-refractivity contribution in [3.63, 3.8) is 0 Å². The number of ether oxygens (including phenoxy) is 1. The number of nitrogen functional groups attached to an aromatic ring is 1. The van der Waals surface area contributed by atoms with E-state index < -0.39 is 11.8 Å². The number of methoxy groups -OCH3 is 1. The van der Waals surface area contributed by atoms with Crippen molar-refractivity contribution in [2.45, 2.75) is 0 Å². The Morgan fingerprint density at radius 3 is 2.43 bits per heavy atom. The maximum atomic E-state index is 12.4. The van der Waals surface area contributed by atoms with Gasteiger partial charge in [0.1, 0.15) is 0 Å². The average molecular weight is 287 g/mol. The van der Waals surface area contributed by atoms with Crippen LogP contribution in [0.4, 0.5) is 5.69 Å². The summed E-state index contributed by atoms with van der Waals surface area (Å²) < 4.78 is 4.94. The van der Waals surface area contributed by atoms with E-state index in [1.165, 1.54) is 43.5 Å². The van der Waals surface area contributed by atoms with E-state index in [9.17, 15) is 14.7 Å². The third-order valence-electron chi connectivity index (χ3n) is 2.97. The zero-order chi connectivity index (χ0) is 15.6. The van der Waals surface area contributed by atoms with Crippen LogP contribution in [0, 0.1) is 0 Å². The fourth-order valence-electron chi connectivity index (χ4n) is 1.89. The molecule has 0 aliphatic carbocycles. The lowest BCUT2D eigenvalue weighted by atomic mass is 9.99. The molecule has 6 heteroatoms. The standard InChI is InChI=1S/C15H13NO5/c1-21-13-6-10(11(16)7-12(13)17)14(18)8-3-2-4-9(5-8)15(19)20/h2-7,17H,16H2,1H3,(H,19,20). The summed E-state index contributed by atoms with van der Waals surface area (Å²) in [7, 11) is 1.35. The van der Waals surface area contributed by atoms with Crippen LogP contribution in [0.2, 0.25) is 0 Å². The molecule has 0 amide bonds. The molecule has 0 aliphatic heterocycles. The van der Waals surface area contributed by atoms with Crippen molar-refractivity contribution in [1.29, 1.82) is 0 Å². The Hall–Kier alpha value is -3.02. The van der Waals surface area contributed by atoms with E-state index in [1.807, 2.05) is 0 Å². The average Bonchev–Trinajstić information content (AvgIpc) is 2.47. The van der Waals surface area contributed by atoms with Crippen LogP contribution < -0.4 is 10.5 Å². The Balaban J connectivity index is 2.49. The first-order chi connectivity index (χ1) is 9.93. The lowest BCUT2D eigenvalue weighted by molar-refractivity contribution is 0.0697. The molecule has 2 aromatic carbocycles. The highest BCUT2D eigenvalue weighted by Crippen LogP contribution is 2.32. The molecule has 0 saturated heterocycles. The summed E-state index contributed by atoms with van der Waals surface area (Å²) in [4.78, 5) is 23.3. The largest absolute Gasteiger partial charge is 0.504 e. The van der Waals surface area contributed by atoms with Crippen molar-refractivity contribution in [2.75, 3.05) is 12.8 Å². The van der Waals surface area contributed by atoms with Gasteiger partial charge in [0.25, 0.3) is 0 Å². The Bertz CT molecular complexity index is 724. The summed E-state index contributed by atoms with van der Waals surface area (Å²) in [6.07, 6.45) is 0. The Kier molecular flexibility index (Phi) is 3.80. The molecule has 0 radical (unpaired) electrons. The second kappa shape index (κ2) is 5.54. The molecule has 0 aliphatic rings. The molecule has 0 spiro atoms. The number of benzene rings is 2. The highest BCUT2D eigenvalue weighted by Gasteiger charge is 2.17. The van der Waals surface area contributed by atoms with Crippen molar-refractivity contribution in [2.24, 2.45) is 0 Å². The molecule has 0 fully saturated rings. The number of aromatic carboxylic acids is 1. The van der Waals surface area contributed by atoms with E-state index in [-0.39, 0.29) is 33.9 Å². The molecule has 4 N–H and O–H groups in total. The number of phenolic OH excluding ortho intramolecular Hbond substituents is 1. The first kappa shape index (κ1) is 14.4. The lowest BCUT2D eigenvalue weighted by Crippen LogP contribution is -2.07. The molecule has 0 unspecified atom stereocenters. The van der Waals surface area contributed by atoms with Crippen LogP contribution in [0.3, 0.4) is 0 Å². The monoisotopic (exact) mass is 287 g/mol. The summed E-state index contributed by atoms with van der Waals surface area (Å²) in [5, 5.41) is 18.5. The number of carboxylic acids is 1. The van der Waals surface area contributed by atoms with Crippen LogP contribution in [0.5, 0.6) is 11.5 Å². The fraction of sp³-hybridized carbons (Fsp3) is 0.0667. The van der Waals surface area contributed by atoms with Gasteiger partial charge < -0.3 is 20.7 Å². The van der Waals surface area contributed by atoms with Crippen LogP contribution in [-0.2, 0) is 0 Å². The quantitative estimate of drug-likeness (QED) is 0.585. The van der Waals surface area contributed by atoms with E-state index in [4.69, 9.17) is 15.6 Å². The third-order valence-corrected chi connectivity index (χ3v) is 2.97. The number of nitrogens with two attached hydrogens (primary N) is 1. The van der Waals surface area contributed by atoms with Gasteiger partial charge >= 0.3 is 5.97 Å². The minimum absolute atomic E-state index is 0.00478. The second-order valence-electron chi connectivity index (χ2n) is 4.33. The van der Waals surface area contributed by atoms with Crippen molar-refractivity contribution in [3.8, 4) is 11.5 Å². The predicted octanol–water partition coefficient (Wildman–Crippen LogP) is 1.91. The van der Waals surface area contributed by atoms with Crippen LogP contribution in [-0.4, -0.2) is 29.1 Å². The van der Waals surface area contributed by atoms with Crippen LogP contribution >= 0.6 is 0 Å². The molecular weight excluding hydrogens is 274 g/mol. The second-order valence-corrected chi connectivity index (χ2v) is 4.33. The number of phenols is 1. The zero-order valence-electron chi connectivity index (χ0n) is 11.2. The maximum Gasteiger partial charge on any atom is 0.335 e. The molecule has 2 aromatic rings. The number of hydrogen-bond donors (Lipinski definition) is 3. The summed E-state index contributed by atoms with van der Waals surface area (Å²) >= 11 is 0. The molecule has 0 heterocycles. The van der Waals surface area contributed by atoms with Gasteiger partial charge in [-0.05, 0) is 18.2 Å². The van der Waals surface area contributed by atoms with Crippen LogP contribution in [0.25, 0.3) is 0 Å². The number of rotatable bonds is 4. The predicted molar refractivity (Wildman–Crippen MR) is 75.9 cm³/mol. The molecule has 0 saturated carbocycles. The highest BCUT2D eigenvalue weighted by atomic mass is 16.5. The van der Waals surface area contributed by atoms with Crippen molar-refractivity contribution >= 4 is 17.4 Å². The Morgan fingerprint density at radius 1 is 1.14 bits per heavy atom. The topological polar surface area (TPSA) is 110 Å². The van der Waals surface area contributed by atoms with Crippen LogP contribution in [0.1, 0.15) is 26.3 Å². The van der Waals surface area contributed by atoms with Gasteiger partial charge in [0.05, 0.1) is 12.7 Å². The van der Waals surface area contributed by atoms with Gasteiger partial charge in [-0.2, -0.15) is 0 Å². The third kappa shape index (κ3) is 2.79. The van der Waals surface area contributed by atoms with Crippen molar-refractivity contribution in [1.82, 2.24) is 0 Å². The van der Waals surface area contributed by atoms with Gasteiger partial charge in [0.15, 0.2) is 17.3 Å². The molecule has 108 valence electrons. The highest BCUT2D eigenvalue weighted by molar-refractivity contribution is 6.13. The molecule has 0 atom stereocenters. The number of carbonyl (C=O) groups is 2. The summed E-state index contributed by atoms with van der Waals surface area (Å²) in [6, 6.07) is 8.16. The SMILES string of the molecule is COc1cc(C(=O)c2cccc(C(=O)O)c2)c(N)cc1O. The van der Waals surface area contributed by atoms with Crippen molar-refractivity contribution in [3.05, 3.63) is 53.1 Å². The molecule has 6 nitrogen and oxygen atoms in total. The molecular formula is C15H13NO5. The minimum Gasteiger partial charge on any atom is -0.504 e. The first-order valence-electron chi connectivity index (χ1n) is 5.98.